The van der Waals surface area contributed by atoms with Gasteiger partial charge < -0.3 is 9.90 Å². The number of carbonyl (C=O) groups excluding carboxylic acids is 1. The predicted octanol–water partition coefficient (Wildman–Crippen LogP) is -0.0392. The topological polar surface area (TPSA) is 55.1 Å². The van der Waals surface area contributed by atoms with Crippen molar-refractivity contribution in [2.45, 2.75) is 13.0 Å². The number of rotatable bonds is 2. The summed E-state index contributed by atoms with van der Waals surface area (Å²) in [7, 11) is 1.69. The third-order valence-corrected chi connectivity index (χ3v) is 1.59. The number of aromatic nitrogens is 2. The van der Waals surface area contributed by atoms with Gasteiger partial charge in [-0.1, -0.05) is 0 Å². The van der Waals surface area contributed by atoms with E-state index in [0.29, 0.717) is 12.0 Å². The first-order valence-corrected chi connectivity index (χ1v) is 3.28. The predicted molar refractivity (Wildman–Crippen MR) is 39.0 cm³/mol. The van der Waals surface area contributed by atoms with Crippen molar-refractivity contribution in [1.82, 2.24) is 9.78 Å². The van der Waals surface area contributed by atoms with Crippen LogP contribution < -0.4 is 0 Å². The van der Waals surface area contributed by atoms with Crippen molar-refractivity contribution in [3.63, 3.8) is 0 Å². The molecule has 1 atom stereocenters. The number of hydrogen-bond donors (Lipinski definition) is 1. The average Bonchev–Trinajstić information content (AvgIpc) is 2.30. The first-order chi connectivity index (χ1) is 5.16. The molecule has 4 nitrogen and oxygen atoms in total. The lowest BCUT2D eigenvalue weighted by Gasteiger charge is -2.04. The normalized spacial score (nSPS) is 13.0. The fourth-order valence-corrected chi connectivity index (χ4v) is 1.05. The summed E-state index contributed by atoms with van der Waals surface area (Å²) in [5, 5.41) is 13.0. The largest absolute Gasteiger partial charge is 0.379 e. The summed E-state index contributed by atoms with van der Waals surface area (Å²) in [5.41, 5.74) is 1.38. The monoisotopic (exact) mass is 154 g/mol. The second-order valence-electron chi connectivity index (χ2n) is 2.42. The first-order valence-electron chi connectivity index (χ1n) is 3.28. The van der Waals surface area contributed by atoms with Crippen LogP contribution in [0.15, 0.2) is 6.20 Å². The number of aliphatic hydroxyl groups excluding tert-OH is 1. The summed E-state index contributed by atoms with van der Waals surface area (Å²) in [6, 6.07) is 0. The molecule has 0 bridgehead atoms. The Balaban J connectivity index is 3.09. The van der Waals surface area contributed by atoms with Gasteiger partial charge in [0.1, 0.15) is 0 Å². The Kier molecular flexibility index (Phi) is 2.05. The molecule has 0 aromatic carbocycles. The lowest BCUT2D eigenvalue weighted by molar-refractivity contribution is -0.115. The van der Waals surface area contributed by atoms with Crippen LogP contribution in [0.1, 0.15) is 17.4 Å². The molecule has 0 amide bonds. The van der Waals surface area contributed by atoms with Crippen molar-refractivity contribution in [3.8, 4) is 0 Å². The Morgan fingerprint density at radius 3 is 2.82 bits per heavy atom. The van der Waals surface area contributed by atoms with Gasteiger partial charge in [0, 0.05) is 7.05 Å². The molecule has 4 heteroatoms. The number of hydrogen-bond acceptors (Lipinski definition) is 3. The van der Waals surface area contributed by atoms with Gasteiger partial charge in [-0.2, -0.15) is 5.10 Å². The maximum absolute atomic E-state index is 10.2. The summed E-state index contributed by atoms with van der Waals surface area (Å²) in [6.45, 7) is 1.80. The van der Waals surface area contributed by atoms with Gasteiger partial charge in [0.05, 0.1) is 11.9 Å². The molecule has 1 aromatic heterocycles. The zero-order valence-corrected chi connectivity index (χ0v) is 6.48. The van der Waals surface area contributed by atoms with Gasteiger partial charge >= 0.3 is 0 Å². The molecule has 0 fully saturated rings. The Morgan fingerprint density at radius 2 is 2.45 bits per heavy atom. The third-order valence-electron chi connectivity index (χ3n) is 1.59. The van der Waals surface area contributed by atoms with Gasteiger partial charge in [0.25, 0.3) is 0 Å². The van der Waals surface area contributed by atoms with Crippen molar-refractivity contribution in [3.05, 3.63) is 17.5 Å². The number of aryl methyl sites for hydroxylation is 2. The van der Waals surface area contributed by atoms with Crippen molar-refractivity contribution in [2.24, 2.45) is 7.05 Å². The lowest BCUT2D eigenvalue weighted by Crippen LogP contribution is -2.07. The van der Waals surface area contributed by atoms with Gasteiger partial charge in [0.15, 0.2) is 12.4 Å². The molecular weight excluding hydrogens is 144 g/mol. The van der Waals surface area contributed by atoms with E-state index >= 15 is 0 Å². The van der Waals surface area contributed by atoms with Gasteiger partial charge in [-0.15, -0.1) is 0 Å². The van der Waals surface area contributed by atoms with Crippen LogP contribution in [0.5, 0.6) is 0 Å². The molecule has 0 saturated carbocycles. The zero-order valence-electron chi connectivity index (χ0n) is 6.48. The minimum atomic E-state index is -1.05. The molecule has 11 heavy (non-hydrogen) atoms. The quantitative estimate of drug-likeness (QED) is 0.608. The van der Waals surface area contributed by atoms with Gasteiger partial charge in [0.2, 0.25) is 0 Å². The first kappa shape index (κ1) is 7.94. The Labute approximate surface area is 64.5 Å². The van der Waals surface area contributed by atoms with Crippen molar-refractivity contribution >= 4 is 6.29 Å². The van der Waals surface area contributed by atoms with Crippen LogP contribution in [0.3, 0.4) is 0 Å². The summed E-state index contributed by atoms with van der Waals surface area (Å²) in [6.07, 6.45) is 1.05. The Morgan fingerprint density at radius 1 is 1.82 bits per heavy atom. The van der Waals surface area contributed by atoms with Gasteiger partial charge in [-0.05, 0) is 12.5 Å². The molecule has 1 aromatic rings. The Bertz CT molecular complexity index is 248. The molecular formula is C7H10N2O2. The van der Waals surface area contributed by atoms with E-state index in [9.17, 15) is 4.79 Å². The number of carbonyl (C=O) groups is 1. The zero-order chi connectivity index (χ0) is 8.43. The van der Waals surface area contributed by atoms with Crippen LogP contribution in [0.2, 0.25) is 0 Å². The molecule has 1 N–H and O–H groups in total. The van der Waals surface area contributed by atoms with Gasteiger partial charge in [-0.25, -0.2) is 0 Å². The SMILES string of the molecule is Cc1cnn(C)c1C(O)C=O. The van der Waals surface area contributed by atoms with E-state index in [1.54, 1.807) is 20.2 Å². The molecule has 60 valence electrons. The van der Waals surface area contributed by atoms with Crippen LogP contribution in [-0.2, 0) is 11.8 Å². The highest BCUT2D eigenvalue weighted by Gasteiger charge is 2.12. The number of aliphatic hydroxyl groups is 1. The molecule has 0 saturated heterocycles. The fraction of sp³-hybridized carbons (Fsp3) is 0.429. The van der Waals surface area contributed by atoms with Crippen LogP contribution >= 0.6 is 0 Å². The van der Waals surface area contributed by atoms with Crippen LogP contribution in [0.4, 0.5) is 0 Å². The van der Waals surface area contributed by atoms with Crippen molar-refractivity contribution in [2.75, 3.05) is 0 Å². The van der Waals surface area contributed by atoms with E-state index < -0.39 is 6.10 Å². The number of nitrogens with zero attached hydrogens (tertiary/aromatic N) is 2. The maximum Gasteiger partial charge on any atom is 0.154 e. The molecule has 1 rings (SSSR count). The summed E-state index contributed by atoms with van der Waals surface area (Å²) >= 11 is 0. The number of aldehydes is 1. The molecule has 1 unspecified atom stereocenters. The summed E-state index contributed by atoms with van der Waals surface area (Å²) in [5.74, 6) is 0. The van der Waals surface area contributed by atoms with Crippen molar-refractivity contribution in [1.29, 1.82) is 0 Å². The minimum absolute atomic E-state index is 0.490. The second kappa shape index (κ2) is 2.84. The molecule has 0 aliphatic heterocycles. The van der Waals surface area contributed by atoms with Crippen LogP contribution in [0.25, 0.3) is 0 Å². The highest BCUT2D eigenvalue weighted by Crippen LogP contribution is 2.13. The molecule has 0 aliphatic carbocycles. The van der Waals surface area contributed by atoms with E-state index in [0.717, 1.165) is 5.56 Å². The van der Waals surface area contributed by atoms with Crippen LogP contribution in [0, 0.1) is 6.92 Å². The van der Waals surface area contributed by atoms with E-state index in [2.05, 4.69) is 5.10 Å². The second-order valence-corrected chi connectivity index (χ2v) is 2.42. The third kappa shape index (κ3) is 1.30. The lowest BCUT2D eigenvalue weighted by atomic mass is 10.2. The maximum atomic E-state index is 10.2. The van der Waals surface area contributed by atoms with Crippen LogP contribution in [-0.4, -0.2) is 21.2 Å². The summed E-state index contributed by atoms with van der Waals surface area (Å²) in [4.78, 5) is 10.2. The highest BCUT2D eigenvalue weighted by molar-refractivity contribution is 5.59. The van der Waals surface area contributed by atoms with Gasteiger partial charge in [-0.3, -0.25) is 4.68 Å². The van der Waals surface area contributed by atoms with E-state index in [1.165, 1.54) is 4.68 Å². The molecule has 0 spiro atoms. The van der Waals surface area contributed by atoms with E-state index in [4.69, 9.17) is 5.11 Å². The highest BCUT2D eigenvalue weighted by atomic mass is 16.3. The standard InChI is InChI=1S/C7H10N2O2/c1-5-3-8-9(2)7(5)6(11)4-10/h3-4,6,11H,1-2H3. The summed E-state index contributed by atoms with van der Waals surface area (Å²) < 4.78 is 1.49. The van der Waals surface area contributed by atoms with E-state index in [1.807, 2.05) is 0 Å². The smallest absolute Gasteiger partial charge is 0.154 e. The minimum Gasteiger partial charge on any atom is -0.379 e. The molecule has 0 aliphatic rings. The molecule has 1 heterocycles. The molecule has 0 radical (unpaired) electrons. The fourth-order valence-electron chi connectivity index (χ4n) is 1.05. The van der Waals surface area contributed by atoms with E-state index in [-0.39, 0.29) is 0 Å². The average molecular weight is 154 g/mol. The van der Waals surface area contributed by atoms with Crippen molar-refractivity contribution < 1.29 is 9.90 Å². The Hall–Kier alpha value is -1.16.